The fourth-order valence-electron chi connectivity index (χ4n) is 7.68. The highest BCUT2D eigenvalue weighted by atomic mass is 15.0. The van der Waals surface area contributed by atoms with E-state index in [4.69, 9.17) is 9.97 Å². The average Bonchev–Trinajstić information content (AvgIpc) is 3.42. The molecule has 0 radical (unpaired) electrons. The molecule has 9 aromatic rings. The minimum Gasteiger partial charge on any atom is -0.309 e. The molecule has 3 heteroatoms. The Morgan fingerprint density at radius 1 is 0.435 bits per heavy atom. The third-order valence-electron chi connectivity index (χ3n) is 9.52. The van der Waals surface area contributed by atoms with Gasteiger partial charge in [-0.15, -0.1) is 0 Å². The van der Waals surface area contributed by atoms with Gasteiger partial charge in [0.15, 0.2) is 0 Å². The Hall–Kier alpha value is -5.80. The lowest BCUT2D eigenvalue weighted by molar-refractivity contribution is 1.18. The fourth-order valence-corrected chi connectivity index (χ4v) is 7.68. The molecule has 0 N–H and O–H groups in total. The molecule has 9 rings (SSSR count). The maximum absolute atomic E-state index is 4.74. The predicted octanol–water partition coefficient (Wildman–Crippen LogP) is 11.3. The number of fused-ring (bicyclic) bond motifs is 9. The molecule has 0 aliphatic carbocycles. The molecule has 0 amide bonds. The van der Waals surface area contributed by atoms with E-state index < -0.39 is 0 Å². The Morgan fingerprint density at radius 2 is 1.04 bits per heavy atom. The highest BCUT2D eigenvalue weighted by Gasteiger charge is 2.16. The Labute approximate surface area is 267 Å². The van der Waals surface area contributed by atoms with Gasteiger partial charge in [0, 0.05) is 39.6 Å². The van der Waals surface area contributed by atoms with Crippen molar-refractivity contribution in [3.05, 3.63) is 150 Å². The van der Waals surface area contributed by atoms with Crippen LogP contribution in [0.25, 0.3) is 82.3 Å². The number of aryl methyl sites for hydroxylation is 3. The maximum atomic E-state index is 4.74. The van der Waals surface area contributed by atoms with E-state index in [0.717, 1.165) is 27.5 Å². The van der Waals surface area contributed by atoms with Crippen LogP contribution in [0.3, 0.4) is 0 Å². The van der Waals surface area contributed by atoms with Crippen molar-refractivity contribution in [2.45, 2.75) is 20.8 Å². The van der Waals surface area contributed by atoms with Crippen LogP contribution in [0, 0.1) is 20.8 Å². The Bertz CT molecular complexity index is 2620. The molecular weight excluding hydrogens is 558 g/mol. The van der Waals surface area contributed by atoms with Crippen LogP contribution in [0.2, 0.25) is 0 Å². The zero-order valence-corrected chi connectivity index (χ0v) is 26.0. The van der Waals surface area contributed by atoms with Crippen LogP contribution in [-0.2, 0) is 0 Å². The average molecular weight is 590 g/mol. The van der Waals surface area contributed by atoms with Gasteiger partial charge < -0.3 is 4.57 Å². The SMILES string of the molecule is Cc1cc(C)c(-c2ccc3c(c2)c2ccccc2n3-c2cccc(-c3ccc4c(c3)c3ccccc3c3nccnc43)c2)c(C)c1. The summed E-state index contributed by atoms with van der Waals surface area (Å²) in [5.74, 6) is 0. The smallest absolute Gasteiger partial charge is 0.0971 e. The van der Waals surface area contributed by atoms with Gasteiger partial charge in [-0.3, -0.25) is 9.97 Å². The van der Waals surface area contributed by atoms with Crippen molar-refractivity contribution in [1.29, 1.82) is 0 Å². The van der Waals surface area contributed by atoms with Crippen LogP contribution in [0.15, 0.2) is 134 Å². The van der Waals surface area contributed by atoms with E-state index in [1.807, 2.05) is 0 Å². The summed E-state index contributed by atoms with van der Waals surface area (Å²) in [5.41, 5.74) is 14.3. The van der Waals surface area contributed by atoms with Gasteiger partial charge >= 0.3 is 0 Å². The summed E-state index contributed by atoms with van der Waals surface area (Å²) < 4.78 is 2.41. The number of hydrogen-bond acceptors (Lipinski definition) is 2. The van der Waals surface area contributed by atoms with Crippen molar-refractivity contribution >= 4 is 54.4 Å². The number of para-hydroxylation sites is 1. The molecule has 218 valence electrons. The summed E-state index contributed by atoms with van der Waals surface area (Å²) in [4.78, 5) is 9.44. The molecule has 0 saturated heterocycles. The lowest BCUT2D eigenvalue weighted by Gasteiger charge is -2.14. The van der Waals surface area contributed by atoms with Gasteiger partial charge in [-0.25, -0.2) is 0 Å². The molecule has 0 bridgehead atoms. The largest absolute Gasteiger partial charge is 0.309 e. The molecule has 0 aliphatic rings. The van der Waals surface area contributed by atoms with Crippen LogP contribution in [0.4, 0.5) is 0 Å². The van der Waals surface area contributed by atoms with Crippen LogP contribution in [0.1, 0.15) is 16.7 Å². The lowest BCUT2D eigenvalue weighted by Crippen LogP contribution is -1.95. The summed E-state index contributed by atoms with van der Waals surface area (Å²) in [7, 11) is 0. The molecule has 2 aromatic heterocycles. The highest BCUT2D eigenvalue weighted by Crippen LogP contribution is 2.39. The van der Waals surface area contributed by atoms with Crippen molar-refractivity contribution in [3.63, 3.8) is 0 Å². The van der Waals surface area contributed by atoms with Gasteiger partial charge in [0.25, 0.3) is 0 Å². The molecule has 7 aromatic carbocycles. The third-order valence-corrected chi connectivity index (χ3v) is 9.52. The minimum absolute atomic E-state index is 0.942. The first-order chi connectivity index (χ1) is 22.5. The first kappa shape index (κ1) is 26.6. The highest BCUT2D eigenvalue weighted by molar-refractivity contribution is 6.23. The van der Waals surface area contributed by atoms with Gasteiger partial charge in [0.1, 0.15) is 0 Å². The van der Waals surface area contributed by atoms with E-state index in [-0.39, 0.29) is 0 Å². The van der Waals surface area contributed by atoms with Crippen molar-refractivity contribution in [1.82, 2.24) is 14.5 Å². The summed E-state index contributed by atoms with van der Waals surface area (Å²) in [5, 5.41) is 7.17. The second-order valence-electron chi connectivity index (χ2n) is 12.5. The maximum Gasteiger partial charge on any atom is 0.0971 e. The number of aromatic nitrogens is 3. The summed E-state index contributed by atoms with van der Waals surface area (Å²) in [6.45, 7) is 6.62. The molecule has 3 nitrogen and oxygen atoms in total. The van der Waals surface area contributed by atoms with E-state index in [1.165, 1.54) is 71.5 Å². The van der Waals surface area contributed by atoms with Crippen molar-refractivity contribution in [2.24, 2.45) is 0 Å². The molecule has 46 heavy (non-hydrogen) atoms. The molecule has 0 saturated carbocycles. The molecule has 0 spiro atoms. The molecular formula is C43H31N3. The zero-order valence-electron chi connectivity index (χ0n) is 26.0. The first-order valence-corrected chi connectivity index (χ1v) is 15.8. The quantitative estimate of drug-likeness (QED) is 0.192. The number of nitrogens with zero attached hydrogens (tertiary/aromatic N) is 3. The summed E-state index contributed by atoms with van der Waals surface area (Å²) >= 11 is 0. The first-order valence-electron chi connectivity index (χ1n) is 15.8. The Morgan fingerprint density at radius 3 is 1.83 bits per heavy atom. The number of hydrogen-bond donors (Lipinski definition) is 0. The van der Waals surface area contributed by atoms with Gasteiger partial charge in [-0.2, -0.15) is 0 Å². The van der Waals surface area contributed by atoms with Crippen LogP contribution < -0.4 is 0 Å². The van der Waals surface area contributed by atoms with E-state index >= 15 is 0 Å². The standard InChI is InChI=1S/C43H31N3/c1-26-21-27(2)41(28(3)22-26)31-16-18-40-38(25-31)34-12-6-7-14-39(34)46(40)32-10-8-9-29(23-32)30-15-17-36-37(24-30)33-11-4-5-13-35(33)42-43(36)45-20-19-44-42/h4-25H,1-3H3. The van der Waals surface area contributed by atoms with E-state index in [9.17, 15) is 0 Å². The second kappa shape index (κ2) is 10.1. The topological polar surface area (TPSA) is 30.7 Å². The van der Waals surface area contributed by atoms with Crippen molar-refractivity contribution < 1.29 is 0 Å². The van der Waals surface area contributed by atoms with Gasteiger partial charge in [-0.05, 0) is 101 Å². The molecule has 0 unspecified atom stereocenters. The summed E-state index contributed by atoms with van der Waals surface area (Å²) in [6, 6.07) is 44.5. The monoisotopic (exact) mass is 589 g/mol. The van der Waals surface area contributed by atoms with E-state index in [0.29, 0.717) is 0 Å². The zero-order chi connectivity index (χ0) is 30.9. The molecule has 0 fully saturated rings. The fraction of sp³-hybridized carbons (Fsp3) is 0.0698. The van der Waals surface area contributed by atoms with Crippen molar-refractivity contribution in [3.8, 4) is 27.9 Å². The Kier molecular flexibility index (Phi) is 5.85. The second-order valence-corrected chi connectivity index (χ2v) is 12.5. The van der Waals surface area contributed by atoms with Crippen molar-refractivity contribution in [2.75, 3.05) is 0 Å². The van der Waals surface area contributed by atoms with E-state index in [2.05, 4.69) is 147 Å². The minimum atomic E-state index is 0.942. The van der Waals surface area contributed by atoms with Crippen LogP contribution in [0.5, 0.6) is 0 Å². The normalized spacial score (nSPS) is 11.8. The molecule has 0 atom stereocenters. The lowest BCUT2D eigenvalue weighted by atomic mass is 9.93. The van der Waals surface area contributed by atoms with Gasteiger partial charge in [-0.1, -0.05) is 90.5 Å². The Balaban J connectivity index is 1.23. The van der Waals surface area contributed by atoms with Gasteiger partial charge in [0.05, 0.1) is 22.1 Å². The third kappa shape index (κ3) is 3.98. The number of benzene rings is 7. The van der Waals surface area contributed by atoms with Crippen LogP contribution in [-0.4, -0.2) is 14.5 Å². The summed E-state index contributed by atoms with van der Waals surface area (Å²) in [6.07, 6.45) is 3.56. The van der Waals surface area contributed by atoms with Crippen LogP contribution >= 0.6 is 0 Å². The molecule has 2 heterocycles. The van der Waals surface area contributed by atoms with Gasteiger partial charge in [0.2, 0.25) is 0 Å². The molecule has 0 aliphatic heterocycles. The number of rotatable bonds is 3. The van der Waals surface area contributed by atoms with E-state index in [1.54, 1.807) is 12.4 Å². The predicted molar refractivity (Wildman–Crippen MR) is 194 cm³/mol.